The maximum Gasteiger partial charge on any atom is 0.0354 e. The zero-order chi connectivity index (χ0) is 9.54. The SMILES string of the molecule is CSC1CNCC1N1CC2CCC1C2. The van der Waals surface area contributed by atoms with E-state index in [9.17, 15) is 0 Å². The van der Waals surface area contributed by atoms with Gasteiger partial charge in [0.05, 0.1) is 0 Å². The summed E-state index contributed by atoms with van der Waals surface area (Å²) >= 11 is 2.05. The lowest BCUT2D eigenvalue weighted by molar-refractivity contribution is 0.162. The number of nitrogens with zero attached hydrogens (tertiary/aromatic N) is 1. The van der Waals surface area contributed by atoms with Crippen LogP contribution in [0.1, 0.15) is 19.3 Å². The molecule has 2 aliphatic heterocycles. The molecule has 2 saturated heterocycles. The van der Waals surface area contributed by atoms with E-state index in [2.05, 4.69) is 28.2 Å². The fourth-order valence-electron chi connectivity index (χ4n) is 3.58. The fourth-order valence-corrected chi connectivity index (χ4v) is 4.43. The number of likely N-dealkylation sites (tertiary alicyclic amines) is 1. The molecule has 0 spiro atoms. The highest BCUT2D eigenvalue weighted by atomic mass is 32.2. The van der Waals surface area contributed by atoms with E-state index in [1.54, 1.807) is 0 Å². The second kappa shape index (κ2) is 3.69. The lowest BCUT2D eigenvalue weighted by Gasteiger charge is -2.34. The number of piperidine rings is 1. The third-order valence-corrected chi connectivity index (χ3v) is 5.39. The Morgan fingerprint density at radius 1 is 1.29 bits per heavy atom. The van der Waals surface area contributed by atoms with Crippen LogP contribution in [0.5, 0.6) is 0 Å². The van der Waals surface area contributed by atoms with Crippen molar-refractivity contribution in [3.63, 3.8) is 0 Å². The molecule has 0 amide bonds. The van der Waals surface area contributed by atoms with Crippen molar-refractivity contribution in [2.75, 3.05) is 25.9 Å². The monoisotopic (exact) mass is 212 g/mol. The van der Waals surface area contributed by atoms with Crippen LogP contribution in [0.2, 0.25) is 0 Å². The van der Waals surface area contributed by atoms with Gasteiger partial charge >= 0.3 is 0 Å². The van der Waals surface area contributed by atoms with Gasteiger partial charge < -0.3 is 5.32 Å². The van der Waals surface area contributed by atoms with Crippen LogP contribution in [0.4, 0.5) is 0 Å². The first kappa shape index (κ1) is 9.49. The highest BCUT2D eigenvalue weighted by Gasteiger charge is 2.44. The summed E-state index contributed by atoms with van der Waals surface area (Å²) in [6.07, 6.45) is 6.74. The van der Waals surface area contributed by atoms with Gasteiger partial charge in [0.1, 0.15) is 0 Å². The van der Waals surface area contributed by atoms with E-state index in [0.29, 0.717) is 0 Å². The third kappa shape index (κ3) is 1.41. The van der Waals surface area contributed by atoms with Crippen LogP contribution >= 0.6 is 11.8 Å². The van der Waals surface area contributed by atoms with Crippen molar-refractivity contribution in [3.05, 3.63) is 0 Å². The van der Waals surface area contributed by atoms with Crippen molar-refractivity contribution < 1.29 is 0 Å². The van der Waals surface area contributed by atoms with Crippen molar-refractivity contribution in [1.29, 1.82) is 0 Å². The molecule has 3 heteroatoms. The van der Waals surface area contributed by atoms with E-state index < -0.39 is 0 Å². The second-order valence-electron chi connectivity index (χ2n) is 5.03. The van der Waals surface area contributed by atoms with Gasteiger partial charge in [-0.05, 0) is 31.4 Å². The largest absolute Gasteiger partial charge is 0.314 e. The number of rotatable bonds is 2. The van der Waals surface area contributed by atoms with E-state index in [4.69, 9.17) is 0 Å². The van der Waals surface area contributed by atoms with Crippen molar-refractivity contribution in [1.82, 2.24) is 10.2 Å². The zero-order valence-electron chi connectivity index (χ0n) is 8.91. The molecule has 3 aliphatic rings. The first-order chi connectivity index (χ1) is 6.88. The minimum atomic E-state index is 0.834. The normalized spacial score (nSPS) is 47.8. The quantitative estimate of drug-likeness (QED) is 0.740. The molecular formula is C11H20N2S. The first-order valence-electron chi connectivity index (χ1n) is 5.87. The Kier molecular flexibility index (Phi) is 2.50. The number of hydrogen-bond donors (Lipinski definition) is 1. The van der Waals surface area contributed by atoms with Crippen molar-refractivity contribution >= 4 is 11.8 Å². The van der Waals surface area contributed by atoms with E-state index in [-0.39, 0.29) is 0 Å². The first-order valence-corrected chi connectivity index (χ1v) is 7.16. The molecule has 1 aliphatic carbocycles. The maximum absolute atomic E-state index is 3.55. The second-order valence-corrected chi connectivity index (χ2v) is 6.11. The van der Waals surface area contributed by atoms with Gasteiger partial charge in [-0.3, -0.25) is 4.90 Å². The molecule has 80 valence electrons. The van der Waals surface area contributed by atoms with Crippen LogP contribution in [0.3, 0.4) is 0 Å². The molecule has 4 unspecified atom stereocenters. The average molecular weight is 212 g/mol. The molecule has 0 aromatic rings. The summed E-state index contributed by atoms with van der Waals surface area (Å²) < 4.78 is 0. The zero-order valence-corrected chi connectivity index (χ0v) is 9.72. The van der Waals surface area contributed by atoms with Gasteiger partial charge in [0.15, 0.2) is 0 Å². The summed E-state index contributed by atoms with van der Waals surface area (Å²) in [7, 11) is 0. The van der Waals surface area contributed by atoms with Gasteiger partial charge in [0.25, 0.3) is 0 Å². The van der Waals surface area contributed by atoms with Crippen molar-refractivity contribution in [2.45, 2.75) is 36.6 Å². The van der Waals surface area contributed by atoms with Crippen LogP contribution in [-0.2, 0) is 0 Å². The van der Waals surface area contributed by atoms with Crippen LogP contribution in [0.25, 0.3) is 0 Å². The molecule has 1 saturated carbocycles. The van der Waals surface area contributed by atoms with Gasteiger partial charge in [0.2, 0.25) is 0 Å². The average Bonchev–Trinajstić information content (AvgIpc) is 2.92. The van der Waals surface area contributed by atoms with Crippen LogP contribution in [0, 0.1) is 5.92 Å². The lowest BCUT2D eigenvalue weighted by atomic mass is 10.1. The smallest absolute Gasteiger partial charge is 0.0354 e. The maximum atomic E-state index is 3.55. The Morgan fingerprint density at radius 2 is 2.21 bits per heavy atom. The van der Waals surface area contributed by atoms with Gasteiger partial charge in [-0.15, -0.1) is 0 Å². The molecule has 3 rings (SSSR count). The highest BCUT2D eigenvalue weighted by molar-refractivity contribution is 7.99. The van der Waals surface area contributed by atoms with E-state index in [0.717, 1.165) is 23.3 Å². The van der Waals surface area contributed by atoms with Crippen LogP contribution in [-0.4, -0.2) is 48.1 Å². The number of fused-ring (bicyclic) bond motifs is 2. The van der Waals surface area contributed by atoms with E-state index in [1.165, 1.54) is 38.9 Å². The van der Waals surface area contributed by atoms with Gasteiger partial charge in [-0.25, -0.2) is 0 Å². The Labute approximate surface area is 90.8 Å². The van der Waals surface area contributed by atoms with Crippen LogP contribution < -0.4 is 5.32 Å². The van der Waals surface area contributed by atoms with Gasteiger partial charge in [0, 0.05) is 37.0 Å². The molecule has 0 aromatic heterocycles. The molecule has 2 nitrogen and oxygen atoms in total. The minimum absolute atomic E-state index is 0.834. The van der Waals surface area contributed by atoms with Crippen molar-refractivity contribution in [3.8, 4) is 0 Å². The summed E-state index contributed by atoms with van der Waals surface area (Å²) in [5, 5.41) is 4.39. The number of thioether (sulfide) groups is 1. The molecule has 3 fully saturated rings. The predicted molar refractivity (Wildman–Crippen MR) is 61.8 cm³/mol. The lowest BCUT2D eigenvalue weighted by Crippen LogP contribution is -2.46. The number of nitrogens with one attached hydrogen (secondary N) is 1. The standard InChI is InChI=1S/C11H20N2S/c1-14-11-6-12-5-10(11)13-7-8-2-3-9(13)4-8/h8-12H,2-7H2,1H3. The summed E-state index contributed by atoms with van der Waals surface area (Å²) in [5.41, 5.74) is 0. The van der Waals surface area contributed by atoms with Gasteiger partial charge in [-0.2, -0.15) is 11.8 Å². The Morgan fingerprint density at radius 3 is 2.86 bits per heavy atom. The fraction of sp³-hybridized carbons (Fsp3) is 1.00. The van der Waals surface area contributed by atoms with Gasteiger partial charge in [-0.1, -0.05) is 0 Å². The van der Waals surface area contributed by atoms with E-state index in [1.807, 2.05) is 0 Å². The molecule has 14 heavy (non-hydrogen) atoms. The molecule has 4 atom stereocenters. The Balaban J connectivity index is 1.70. The summed E-state index contributed by atoms with van der Waals surface area (Å²) in [5.74, 6) is 1.04. The topological polar surface area (TPSA) is 15.3 Å². The highest BCUT2D eigenvalue weighted by Crippen LogP contribution is 2.40. The predicted octanol–water partition coefficient (Wildman–Crippen LogP) is 1.17. The molecule has 1 N–H and O–H groups in total. The Bertz CT molecular complexity index is 217. The number of hydrogen-bond acceptors (Lipinski definition) is 3. The molecule has 2 bridgehead atoms. The summed E-state index contributed by atoms with van der Waals surface area (Å²) in [4.78, 5) is 2.81. The van der Waals surface area contributed by atoms with E-state index >= 15 is 0 Å². The minimum Gasteiger partial charge on any atom is -0.314 e. The molecular weight excluding hydrogens is 192 g/mol. The van der Waals surface area contributed by atoms with Crippen LogP contribution in [0.15, 0.2) is 0 Å². The third-order valence-electron chi connectivity index (χ3n) is 4.31. The summed E-state index contributed by atoms with van der Waals surface area (Å²) in [6, 6.07) is 1.78. The molecule has 0 radical (unpaired) electrons. The summed E-state index contributed by atoms with van der Waals surface area (Å²) in [6.45, 7) is 3.85. The molecule has 0 aromatic carbocycles. The van der Waals surface area contributed by atoms with Crippen molar-refractivity contribution in [2.24, 2.45) is 5.92 Å². The Hall–Kier alpha value is 0.270. The molecule has 2 heterocycles.